The number of rotatable bonds is 26. The maximum atomic E-state index is 15.6. The molecule has 542 valence electrons. The zero-order chi connectivity index (χ0) is 73.0. The van der Waals surface area contributed by atoms with Crippen molar-refractivity contribution in [3.05, 3.63) is 170 Å². The minimum absolute atomic E-state index is 0.00248. The van der Waals surface area contributed by atoms with Gasteiger partial charge in [0.2, 0.25) is 35.4 Å². The lowest BCUT2D eigenvalue weighted by atomic mass is 9.78. The molecule has 6 amide bonds. The summed E-state index contributed by atoms with van der Waals surface area (Å²) >= 11 is 4.31. The van der Waals surface area contributed by atoms with Crippen molar-refractivity contribution in [1.29, 1.82) is 0 Å². The Bertz CT molecular complexity index is 4430. The van der Waals surface area contributed by atoms with Crippen molar-refractivity contribution in [3.63, 3.8) is 0 Å². The van der Waals surface area contributed by atoms with Crippen molar-refractivity contribution in [2.24, 2.45) is 17.3 Å². The standard InChI is InChI=1S/C75H88N14O11S3/c1-40(2)63(72(94)87-32-53(90)25-58(87)69(91)77-29-46-12-16-50(17-13-46)66-43(6)79-38-101-66)57-28-56(103-86-57)36-98-55-27-60(71(93)81-42(5)48-20-22-49(23-21-48)62-31-76-37-99-62)89(34-55)74(96)65(75(9,10)11)61-24-52(85-100-61)35-97-54-26-59(88(33-54)73(95)64(41(3)4)68-82-45(8)83-84-68)70(92)78-30-47-14-18-51(19-15-47)67-44(7)80-39-102-67/h12-24,28,31,37-42,53-55,58-60,63-65,90H,25-27,29-30,32-36H2,1-11H3,(H,77,91)(H,78,92)(H,81,93)(H,82,83,84)/t42-,53+,54+,55+,58-,59-,60-,63+,64+,65+/m0/s1. The van der Waals surface area contributed by atoms with Crippen LogP contribution in [0.25, 0.3) is 32.2 Å². The first-order valence-corrected chi connectivity index (χ1v) is 37.3. The highest BCUT2D eigenvalue weighted by molar-refractivity contribution is 7.13. The Morgan fingerprint density at radius 3 is 1.75 bits per heavy atom. The first kappa shape index (κ1) is 73.6. The molecule has 28 heteroatoms. The second-order valence-corrected chi connectivity index (χ2v) is 31.4. The van der Waals surface area contributed by atoms with E-state index < -0.39 is 65.6 Å². The van der Waals surface area contributed by atoms with Crippen LogP contribution < -0.4 is 16.0 Å². The number of ether oxygens (including phenoxy) is 2. The van der Waals surface area contributed by atoms with E-state index in [4.69, 9.17) is 22.8 Å². The van der Waals surface area contributed by atoms with E-state index in [0.717, 1.165) is 54.5 Å². The van der Waals surface area contributed by atoms with Crippen LogP contribution in [0.1, 0.15) is 160 Å². The molecule has 9 aromatic rings. The molecule has 9 heterocycles. The van der Waals surface area contributed by atoms with Crippen LogP contribution >= 0.6 is 34.2 Å². The van der Waals surface area contributed by atoms with Crippen molar-refractivity contribution >= 4 is 69.6 Å². The second-order valence-electron chi connectivity index (χ2n) is 28.8. The molecule has 0 bridgehead atoms. The molecule has 103 heavy (non-hydrogen) atoms. The van der Waals surface area contributed by atoms with E-state index in [1.807, 2.05) is 159 Å². The van der Waals surface area contributed by atoms with Gasteiger partial charge in [0.15, 0.2) is 18.0 Å². The molecular formula is C75H88N14O11S3. The van der Waals surface area contributed by atoms with Gasteiger partial charge in [-0.25, -0.2) is 19.9 Å². The first-order valence-electron chi connectivity index (χ1n) is 34.8. The highest BCUT2D eigenvalue weighted by Gasteiger charge is 2.49. The van der Waals surface area contributed by atoms with Gasteiger partial charge in [-0.1, -0.05) is 126 Å². The maximum Gasteiger partial charge on any atom is 0.243 e. The third-order valence-electron chi connectivity index (χ3n) is 19.5. The number of aliphatic hydroxyl groups excluding tert-OH is 1. The second kappa shape index (κ2) is 31.8. The van der Waals surface area contributed by atoms with Crippen molar-refractivity contribution in [3.8, 4) is 32.2 Å². The molecule has 5 N–H and O–H groups in total. The first-order chi connectivity index (χ1) is 49.3. The SMILES string of the molecule is Cc1nc([C@H](C(=O)N2C[C@H](OCc3cc([C@H](C(=O)N4C[C@H](OCc5cc([C@H](C(=O)N6C[C@H](O)C[C@H]6C(=O)NCc6ccc(-c7scnc7C)cc6)C(C)C)ns5)C[C@H]4C(=O)N[C@@H](C)c4ccc(-c5cnco5)cc4)C(C)(C)C)on3)C[C@H]2C(=O)NCc2ccc(-c3scnc3C)cc2)C(C)C)n[nH]1. The highest BCUT2D eigenvalue weighted by atomic mass is 32.1. The van der Waals surface area contributed by atoms with Crippen LogP contribution in [0.2, 0.25) is 0 Å². The molecule has 3 fully saturated rings. The third-order valence-corrected chi connectivity index (χ3v) is 22.2. The zero-order valence-electron chi connectivity index (χ0n) is 59.6. The van der Waals surface area contributed by atoms with Crippen LogP contribution in [0.4, 0.5) is 0 Å². The van der Waals surface area contributed by atoms with Gasteiger partial charge in [-0.2, -0.15) is 9.47 Å². The number of carbonyl (C=O) groups is 6. The Morgan fingerprint density at radius 2 is 1.21 bits per heavy atom. The van der Waals surface area contributed by atoms with Crippen LogP contribution in [0, 0.1) is 38.0 Å². The molecule has 0 aliphatic carbocycles. The molecule has 0 unspecified atom stereocenters. The number of thiazole rings is 2. The normalized spacial score (nSPS) is 19.7. The number of carbonyl (C=O) groups excluding carboxylic acids is 6. The fourth-order valence-electron chi connectivity index (χ4n) is 14.0. The number of nitrogens with zero attached hydrogens (tertiary/aromatic N) is 10. The number of aromatic amines is 1. The minimum atomic E-state index is -0.982. The van der Waals surface area contributed by atoms with E-state index in [9.17, 15) is 29.1 Å². The quantitative estimate of drug-likeness (QED) is 0.0336. The number of likely N-dealkylation sites (tertiary alicyclic amines) is 3. The lowest BCUT2D eigenvalue weighted by Gasteiger charge is -2.33. The van der Waals surface area contributed by atoms with Gasteiger partial charge in [0.1, 0.15) is 47.2 Å². The number of oxazole rings is 1. The van der Waals surface area contributed by atoms with Crippen molar-refractivity contribution in [1.82, 2.24) is 70.3 Å². The van der Waals surface area contributed by atoms with Crippen molar-refractivity contribution in [2.45, 2.75) is 182 Å². The molecule has 3 aliphatic rings. The predicted octanol–water partition coefficient (Wildman–Crippen LogP) is 10.5. The number of aromatic nitrogens is 8. The number of aliphatic hydroxyl groups is 1. The summed E-state index contributed by atoms with van der Waals surface area (Å²) in [7, 11) is 0. The average Bonchev–Trinajstić information content (AvgIpc) is 1.67. The number of amides is 6. The number of hydrogen-bond acceptors (Lipinski definition) is 21. The van der Waals surface area contributed by atoms with Crippen LogP contribution in [0.15, 0.2) is 117 Å². The van der Waals surface area contributed by atoms with Gasteiger partial charge in [0.05, 0.1) is 92.4 Å². The van der Waals surface area contributed by atoms with Crippen molar-refractivity contribution in [2.75, 3.05) is 19.6 Å². The molecule has 10 atom stereocenters. The Balaban J connectivity index is 0.727. The maximum absolute atomic E-state index is 15.6. The predicted molar refractivity (Wildman–Crippen MR) is 387 cm³/mol. The molecule has 0 radical (unpaired) electrons. The Hall–Kier alpha value is -9.19. The largest absolute Gasteiger partial charge is 0.444 e. The van der Waals surface area contributed by atoms with E-state index in [1.165, 1.54) is 22.8 Å². The highest BCUT2D eigenvalue weighted by Crippen LogP contribution is 2.41. The number of benzene rings is 3. The molecule has 3 aromatic carbocycles. The van der Waals surface area contributed by atoms with E-state index in [-0.39, 0.29) is 118 Å². The van der Waals surface area contributed by atoms with Gasteiger partial charge in [-0.15, -0.1) is 22.7 Å². The van der Waals surface area contributed by atoms with E-state index >= 15 is 4.79 Å². The summed E-state index contributed by atoms with van der Waals surface area (Å²) in [5.41, 5.74) is 11.1. The molecule has 6 aromatic heterocycles. The Labute approximate surface area is 610 Å². The van der Waals surface area contributed by atoms with Gasteiger partial charge >= 0.3 is 0 Å². The lowest BCUT2D eigenvalue weighted by molar-refractivity contribution is -0.142. The number of nitrogens with one attached hydrogen (secondary N) is 4. The summed E-state index contributed by atoms with van der Waals surface area (Å²) in [5.74, 6) is -3.21. The van der Waals surface area contributed by atoms with E-state index in [0.29, 0.717) is 33.7 Å². The molecule has 3 aliphatic heterocycles. The number of β-amino-alcohol motifs (C(OH)–C–C–N with tert-alkyl or cyclic N) is 1. The summed E-state index contributed by atoms with van der Waals surface area (Å²) in [4.78, 5) is 113. The number of aryl methyl sites for hydroxylation is 3. The number of hydrogen-bond donors (Lipinski definition) is 5. The van der Waals surface area contributed by atoms with E-state index in [2.05, 4.69) is 51.2 Å². The topological polar surface area (TPSA) is 319 Å². The summed E-state index contributed by atoms with van der Waals surface area (Å²) in [5, 5.41) is 31.8. The van der Waals surface area contributed by atoms with Crippen LogP contribution in [0.3, 0.4) is 0 Å². The average molecular weight is 1460 g/mol. The minimum Gasteiger partial charge on any atom is -0.444 e. The van der Waals surface area contributed by atoms with Gasteiger partial charge in [0.25, 0.3) is 0 Å². The fourth-order valence-corrected chi connectivity index (χ4v) is 16.3. The smallest absolute Gasteiger partial charge is 0.243 e. The summed E-state index contributed by atoms with van der Waals surface area (Å²) in [6, 6.07) is 23.7. The van der Waals surface area contributed by atoms with Gasteiger partial charge in [-0.05, 0) is 90.4 Å². The van der Waals surface area contributed by atoms with Crippen molar-refractivity contribution < 1.29 is 52.3 Å². The Morgan fingerprint density at radius 1 is 0.670 bits per heavy atom. The van der Waals surface area contributed by atoms with Crippen LogP contribution in [-0.2, 0) is 64.5 Å². The lowest BCUT2D eigenvalue weighted by Crippen LogP contribution is -2.49. The molecule has 12 rings (SSSR count). The van der Waals surface area contributed by atoms with Gasteiger partial charge in [-0.3, -0.25) is 33.9 Å². The number of H-pyrrole nitrogens is 1. The summed E-state index contributed by atoms with van der Waals surface area (Å²) in [6.07, 6.45) is 1.29. The molecule has 0 spiro atoms. The molecule has 0 saturated carbocycles. The zero-order valence-corrected chi connectivity index (χ0v) is 62.1. The summed E-state index contributed by atoms with van der Waals surface area (Å²) in [6.45, 7) is 21.6. The molecule has 3 saturated heterocycles. The Kier molecular flexibility index (Phi) is 22.7. The summed E-state index contributed by atoms with van der Waals surface area (Å²) < 4.78 is 29.6. The van der Waals surface area contributed by atoms with E-state index in [1.54, 1.807) is 51.7 Å². The van der Waals surface area contributed by atoms with Crippen LogP contribution in [-0.4, -0.2) is 151 Å². The van der Waals surface area contributed by atoms with Gasteiger partial charge < -0.3 is 54.2 Å². The van der Waals surface area contributed by atoms with Gasteiger partial charge in [0, 0.05) is 63.6 Å². The monoisotopic (exact) mass is 1460 g/mol. The molecular weight excluding hydrogens is 1370 g/mol. The third kappa shape index (κ3) is 16.9. The fraction of sp³-hybridized carbons (Fsp3) is 0.453. The van der Waals surface area contributed by atoms with Crippen LogP contribution in [0.5, 0.6) is 0 Å². The molecule has 25 nitrogen and oxygen atoms in total.